The lowest BCUT2D eigenvalue weighted by Gasteiger charge is -2.26. The molecule has 7 nitrogen and oxygen atoms in total. The van der Waals surface area contributed by atoms with Gasteiger partial charge in [-0.3, -0.25) is 9.59 Å². The lowest BCUT2D eigenvalue weighted by Crippen LogP contribution is -2.43. The fraction of sp³-hybridized carbons (Fsp3) is 0.692. The number of carboxylic acid groups (broad SMARTS) is 1. The van der Waals surface area contributed by atoms with Gasteiger partial charge in [0.15, 0.2) is 0 Å². The zero-order chi connectivity index (χ0) is 14.5. The van der Waals surface area contributed by atoms with Crippen LogP contribution in [0.1, 0.15) is 38.5 Å². The molecule has 0 aromatic rings. The first-order valence-corrected chi connectivity index (χ1v) is 6.97. The van der Waals surface area contributed by atoms with Gasteiger partial charge in [0.05, 0.1) is 0 Å². The van der Waals surface area contributed by atoms with Crippen LogP contribution in [-0.2, 0) is 14.4 Å². The predicted molar refractivity (Wildman–Crippen MR) is 71.1 cm³/mol. The number of aliphatic carboxylic acids is 1. The van der Waals surface area contributed by atoms with Gasteiger partial charge < -0.3 is 10.0 Å². The maximum Gasteiger partial charge on any atom is 0.352 e. The summed E-state index contributed by atoms with van der Waals surface area (Å²) in [5.41, 5.74) is -0.0618. The molecule has 1 N–H and O–H groups in total. The van der Waals surface area contributed by atoms with E-state index in [1.165, 1.54) is 0 Å². The maximum absolute atomic E-state index is 12.2. The first-order valence-electron chi connectivity index (χ1n) is 6.97. The van der Waals surface area contributed by atoms with Crippen molar-refractivity contribution in [3.8, 4) is 0 Å². The predicted octanol–water partition coefficient (Wildman–Crippen LogP) is 0.452. The summed E-state index contributed by atoms with van der Waals surface area (Å²) in [5.74, 6) is -1.58. The molecule has 0 aromatic heterocycles. The van der Waals surface area contributed by atoms with Gasteiger partial charge in [0.1, 0.15) is 12.3 Å². The molecule has 2 heterocycles. The number of amides is 2. The Hall–Kier alpha value is -1.92. The Balaban J connectivity index is 1.99. The Kier molecular flexibility index (Phi) is 4.70. The summed E-state index contributed by atoms with van der Waals surface area (Å²) in [4.78, 5) is 36.5. The number of hydrazone groups is 1. The van der Waals surface area contributed by atoms with Gasteiger partial charge in [-0.15, -0.1) is 0 Å². The summed E-state index contributed by atoms with van der Waals surface area (Å²) in [6, 6.07) is 0. The average Bonchev–Trinajstić information content (AvgIpc) is 2.70. The third kappa shape index (κ3) is 3.55. The van der Waals surface area contributed by atoms with Gasteiger partial charge in [-0.25, -0.2) is 9.80 Å². The molecule has 20 heavy (non-hydrogen) atoms. The Bertz CT molecular complexity index is 439. The number of carboxylic acids is 1. The molecule has 1 fully saturated rings. The number of carbonyl (C=O) groups excluding carboxylic acids is 2. The van der Waals surface area contributed by atoms with Crippen molar-refractivity contribution in [2.75, 3.05) is 19.6 Å². The van der Waals surface area contributed by atoms with Crippen LogP contribution in [0, 0.1) is 0 Å². The van der Waals surface area contributed by atoms with E-state index in [1.807, 2.05) is 0 Å². The minimum Gasteiger partial charge on any atom is -0.477 e. The first kappa shape index (κ1) is 14.5. The molecular weight excluding hydrogens is 262 g/mol. The molecule has 0 spiro atoms. The summed E-state index contributed by atoms with van der Waals surface area (Å²) in [6.45, 7) is 1.25. The monoisotopic (exact) mass is 281 g/mol. The molecule has 0 unspecified atom stereocenters. The largest absolute Gasteiger partial charge is 0.477 e. The van der Waals surface area contributed by atoms with Crippen molar-refractivity contribution < 1.29 is 19.5 Å². The molecule has 2 rings (SSSR count). The minimum atomic E-state index is -1.13. The SMILES string of the molecule is O=C(O)C1=NN(CC(=O)N2CCCCCC2)C(=O)CC1. The highest BCUT2D eigenvalue weighted by atomic mass is 16.4. The zero-order valence-electron chi connectivity index (χ0n) is 11.4. The number of carbonyl (C=O) groups is 3. The third-order valence-corrected chi connectivity index (χ3v) is 3.60. The quantitative estimate of drug-likeness (QED) is 0.813. The molecule has 2 amide bonds. The summed E-state index contributed by atoms with van der Waals surface area (Å²) in [5, 5.41) is 13.7. The van der Waals surface area contributed by atoms with E-state index in [1.54, 1.807) is 4.90 Å². The number of hydrogen-bond donors (Lipinski definition) is 1. The van der Waals surface area contributed by atoms with Crippen LogP contribution in [0.25, 0.3) is 0 Å². The molecule has 0 aromatic carbocycles. The number of hydrogen-bond acceptors (Lipinski definition) is 4. The summed E-state index contributed by atoms with van der Waals surface area (Å²) < 4.78 is 0. The van der Waals surface area contributed by atoms with Crippen LogP contribution in [0.3, 0.4) is 0 Å². The molecule has 2 aliphatic heterocycles. The van der Waals surface area contributed by atoms with Gasteiger partial charge in [0.25, 0.3) is 0 Å². The molecule has 2 aliphatic rings. The van der Waals surface area contributed by atoms with Crippen LogP contribution in [0.4, 0.5) is 0 Å². The standard InChI is InChI=1S/C13H19N3O4/c17-11-6-5-10(13(19)20)14-16(11)9-12(18)15-7-3-1-2-4-8-15/h1-9H2,(H,19,20). The van der Waals surface area contributed by atoms with Crippen molar-refractivity contribution >= 4 is 23.5 Å². The Morgan fingerprint density at radius 2 is 1.75 bits per heavy atom. The van der Waals surface area contributed by atoms with Gasteiger partial charge in [-0.1, -0.05) is 12.8 Å². The number of likely N-dealkylation sites (tertiary alicyclic amines) is 1. The maximum atomic E-state index is 12.2. The minimum absolute atomic E-state index is 0.0618. The van der Waals surface area contributed by atoms with Gasteiger partial charge in [0, 0.05) is 25.9 Å². The van der Waals surface area contributed by atoms with Crippen molar-refractivity contribution in [3.05, 3.63) is 0 Å². The van der Waals surface area contributed by atoms with Crippen LogP contribution in [0.2, 0.25) is 0 Å². The fourth-order valence-corrected chi connectivity index (χ4v) is 2.43. The Morgan fingerprint density at radius 1 is 1.10 bits per heavy atom. The molecule has 0 aliphatic carbocycles. The highest BCUT2D eigenvalue weighted by Crippen LogP contribution is 2.13. The highest BCUT2D eigenvalue weighted by Gasteiger charge is 2.27. The molecular formula is C13H19N3O4. The van der Waals surface area contributed by atoms with Crippen LogP contribution in [-0.4, -0.2) is 58.1 Å². The molecule has 1 saturated heterocycles. The van der Waals surface area contributed by atoms with Crippen molar-refractivity contribution in [2.24, 2.45) is 5.10 Å². The second-order valence-corrected chi connectivity index (χ2v) is 5.10. The fourth-order valence-electron chi connectivity index (χ4n) is 2.43. The third-order valence-electron chi connectivity index (χ3n) is 3.60. The first-order chi connectivity index (χ1) is 9.58. The highest BCUT2D eigenvalue weighted by molar-refractivity contribution is 6.36. The van der Waals surface area contributed by atoms with E-state index in [9.17, 15) is 14.4 Å². The van der Waals surface area contributed by atoms with Gasteiger partial charge in [-0.05, 0) is 12.8 Å². The van der Waals surface area contributed by atoms with Crippen LogP contribution in [0.15, 0.2) is 5.10 Å². The van der Waals surface area contributed by atoms with Crippen molar-refractivity contribution in [2.45, 2.75) is 38.5 Å². The topological polar surface area (TPSA) is 90.3 Å². The summed E-state index contributed by atoms with van der Waals surface area (Å²) in [6.07, 6.45) is 4.41. The molecule has 0 atom stereocenters. The smallest absolute Gasteiger partial charge is 0.352 e. The van der Waals surface area contributed by atoms with Gasteiger partial charge in [0.2, 0.25) is 11.8 Å². The van der Waals surface area contributed by atoms with Crippen LogP contribution in [0.5, 0.6) is 0 Å². The summed E-state index contributed by atoms with van der Waals surface area (Å²) >= 11 is 0. The van der Waals surface area contributed by atoms with Crippen molar-refractivity contribution in [3.63, 3.8) is 0 Å². The normalized spacial score (nSPS) is 20.4. The van der Waals surface area contributed by atoms with Gasteiger partial charge in [-0.2, -0.15) is 5.10 Å². The molecule has 0 radical (unpaired) electrons. The van der Waals surface area contributed by atoms with E-state index in [2.05, 4.69) is 5.10 Å². The van der Waals surface area contributed by atoms with Crippen LogP contribution < -0.4 is 0 Å². The Labute approximate surface area is 117 Å². The lowest BCUT2D eigenvalue weighted by molar-refractivity contribution is -0.141. The van der Waals surface area contributed by atoms with E-state index in [-0.39, 0.29) is 36.9 Å². The molecule has 7 heteroatoms. The summed E-state index contributed by atoms with van der Waals surface area (Å²) in [7, 11) is 0. The van der Waals surface area contributed by atoms with E-state index in [0.717, 1.165) is 30.7 Å². The second-order valence-electron chi connectivity index (χ2n) is 5.10. The number of rotatable bonds is 3. The van der Waals surface area contributed by atoms with E-state index < -0.39 is 5.97 Å². The average molecular weight is 281 g/mol. The van der Waals surface area contributed by atoms with E-state index >= 15 is 0 Å². The van der Waals surface area contributed by atoms with Gasteiger partial charge >= 0.3 is 5.97 Å². The Morgan fingerprint density at radius 3 is 2.35 bits per heavy atom. The van der Waals surface area contributed by atoms with Crippen LogP contribution >= 0.6 is 0 Å². The molecule has 110 valence electrons. The second kappa shape index (κ2) is 6.49. The molecule has 0 saturated carbocycles. The number of nitrogens with zero attached hydrogens (tertiary/aromatic N) is 3. The van der Waals surface area contributed by atoms with E-state index in [4.69, 9.17) is 5.11 Å². The molecule has 0 bridgehead atoms. The zero-order valence-corrected chi connectivity index (χ0v) is 11.4. The lowest BCUT2D eigenvalue weighted by atomic mass is 10.1. The van der Waals surface area contributed by atoms with E-state index in [0.29, 0.717) is 13.1 Å². The van der Waals surface area contributed by atoms with Crippen molar-refractivity contribution in [1.82, 2.24) is 9.91 Å². The van der Waals surface area contributed by atoms with Crippen molar-refractivity contribution in [1.29, 1.82) is 0 Å².